The van der Waals surface area contributed by atoms with Crippen molar-refractivity contribution in [1.82, 2.24) is 5.32 Å². The number of para-hydroxylation sites is 1. The highest BCUT2D eigenvalue weighted by Gasteiger charge is 2.58. The Hall–Kier alpha value is -2.99. The first-order chi connectivity index (χ1) is 14.9. The predicted molar refractivity (Wildman–Crippen MR) is 117 cm³/mol. The summed E-state index contributed by atoms with van der Waals surface area (Å²) in [6, 6.07) is 17.3. The van der Waals surface area contributed by atoms with E-state index in [4.69, 9.17) is 4.74 Å². The molecular weight excluding hydrogens is 392 g/mol. The standard InChI is InChI=1S/C25H28N2O4/c1-16(2)19-10-6-7-11-20(19)26-23(29)21-22(28)25(27-24(21)30)13-12-18(14-25)31-15-17-8-4-3-5-9-17/h3-11,16,18,21H,12-15H2,1-2H3,(H,26,29)(H,27,30)/t18-,21?,25-/m0/s1. The van der Waals surface area contributed by atoms with Gasteiger partial charge in [-0.2, -0.15) is 0 Å². The molecule has 1 spiro atoms. The van der Waals surface area contributed by atoms with Crippen LogP contribution in [-0.4, -0.2) is 29.2 Å². The SMILES string of the molecule is CC(C)c1ccccc1NC(=O)C1C(=O)N[C@]2(CC[C@H](OCc3ccccc3)C2)C1=O. The first kappa shape index (κ1) is 21.2. The van der Waals surface area contributed by atoms with Gasteiger partial charge in [-0.25, -0.2) is 0 Å². The van der Waals surface area contributed by atoms with Crippen LogP contribution in [-0.2, 0) is 25.7 Å². The fourth-order valence-electron chi connectivity index (χ4n) is 4.59. The van der Waals surface area contributed by atoms with Crippen LogP contribution in [0.25, 0.3) is 0 Å². The first-order valence-corrected chi connectivity index (χ1v) is 10.8. The Labute approximate surface area is 182 Å². The molecule has 1 aliphatic heterocycles. The second kappa shape index (κ2) is 8.63. The summed E-state index contributed by atoms with van der Waals surface area (Å²) in [4.78, 5) is 38.8. The van der Waals surface area contributed by atoms with Gasteiger partial charge in [0, 0.05) is 12.1 Å². The Morgan fingerprint density at radius 2 is 1.84 bits per heavy atom. The topological polar surface area (TPSA) is 84.5 Å². The van der Waals surface area contributed by atoms with Gasteiger partial charge >= 0.3 is 0 Å². The van der Waals surface area contributed by atoms with E-state index in [2.05, 4.69) is 10.6 Å². The summed E-state index contributed by atoms with van der Waals surface area (Å²) < 4.78 is 5.99. The molecule has 2 N–H and O–H groups in total. The lowest BCUT2D eigenvalue weighted by molar-refractivity contribution is -0.135. The molecule has 1 aliphatic carbocycles. The highest BCUT2D eigenvalue weighted by Crippen LogP contribution is 2.39. The van der Waals surface area contributed by atoms with Crippen molar-refractivity contribution in [3.8, 4) is 0 Å². The smallest absolute Gasteiger partial charge is 0.244 e. The number of nitrogens with one attached hydrogen (secondary N) is 2. The van der Waals surface area contributed by atoms with Crippen molar-refractivity contribution in [2.45, 2.75) is 57.3 Å². The molecule has 3 atom stereocenters. The van der Waals surface area contributed by atoms with Crippen LogP contribution in [0.2, 0.25) is 0 Å². The number of Topliss-reactive ketones (excluding diaryl/α,β-unsaturated/α-hetero) is 1. The van der Waals surface area contributed by atoms with Crippen LogP contribution < -0.4 is 10.6 Å². The first-order valence-electron chi connectivity index (χ1n) is 10.8. The Morgan fingerprint density at radius 1 is 1.13 bits per heavy atom. The van der Waals surface area contributed by atoms with Gasteiger partial charge in [0.25, 0.3) is 0 Å². The van der Waals surface area contributed by atoms with E-state index in [1.807, 2.05) is 62.4 Å². The maximum Gasteiger partial charge on any atom is 0.244 e. The van der Waals surface area contributed by atoms with E-state index in [-0.39, 0.29) is 17.8 Å². The van der Waals surface area contributed by atoms with E-state index in [0.29, 0.717) is 31.6 Å². The summed E-state index contributed by atoms with van der Waals surface area (Å²) in [6.45, 7) is 4.52. The van der Waals surface area contributed by atoms with Gasteiger partial charge in [-0.15, -0.1) is 0 Å². The van der Waals surface area contributed by atoms with Gasteiger partial charge < -0.3 is 15.4 Å². The zero-order chi connectivity index (χ0) is 22.0. The van der Waals surface area contributed by atoms with Crippen molar-refractivity contribution in [3.63, 3.8) is 0 Å². The highest BCUT2D eigenvalue weighted by atomic mass is 16.5. The minimum atomic E-state index is -1.33. The van der Waals surface area contributed by atoms with Crippen LogP contribution >= 0.6 is 0 Å². The van der Waals surface area contributed by atoms with Crippen LogP contribution in [0.4, 0.5) is 5.69 Å². The Kier molecular flexibility index (Phi) is 5.92. The normalized spacial score (nSPS) is 25.3. The second-order valence-corrected chi connectivity index (χ2v) is 8.76. The minimum absolute atomic E-state index is 0.132. The molecule has 2 aromatic rings. The zero-order valence-corrected chi connectivity index (χ0v) is 17.9. The van der Waals surface area contributed by atoms with Gasteiger partial charge in [-0.3, -0.25) is 14.4 Å². The molecule has 6 nitrogen and oxygen atoms in total. The summed E-state index contributed by atoms with van der Waals surface area (Å²) in [5.74, 6) is -2.56. The van der Waals surface area contributed by atoms with Gasteiger partial charge in [0.15, 0.2) is 11.7 Å². The maximum absolute atomic E-state index is 13.2. The molecule has 4 rings (SSSR count). The van der Waals surface area contributed by atoms with Crippen LogP contribution in [0.5, 0.6) is 0 Å². The number of carbonyl (C=O) groups excluding carboxylic acids is 3. The minimum Gasteiger partial charge on any atom is -0.373 e. The summed E-state index contributed by atoms with van der Waals surface area (Å²) >= 11 is 0. The molecule has 1 saturated carbocycles. The molecule has 0 aromatic heterocycles. The molecule has 2 fully saturated rings. The fourth-order valence-corrected chi connectivity index (χ4v) is 4.59. The zero-order valence-electron chi connectivity index (χ0n) is 17.9. The maximum atomic E-state index is 13.2. The van der Waals surface area contributed by atoms with E-state index >= 15 is 0 Å². The van der Waals surface area contributed by atoms with Gasteiger partial charge in [0.05, 0.1) is 12.7 Å². The lowest BCUT2D eigenvalue weighted by Gasteiger charge is -2.22. The summed E-state index contributed by atoms with van der Waals surface area (Å²) in [7, 11) is 0. The molecule has 2 amide bonds. The lowest BCUT2D eigenvalue weighted by Crippen LogP contribution is -2.45. The Balaban J connectivity index is 1.42. The van der Waals surface area contributed by atoms with E-state index in [1.165, 1.54) is 0 Å². The predicted octanol–water partition coefficient (Wildman–Crippen LogP) is 3.57. The molecule has 2 aliphatic rings. The van der Waals surface area contributed by atoms with Crippen molar-refractivity contribution < 1.29 is 19.1 Å². The number of anilines is 1. The number of benzene rings is 2. The number of ether oxygens (including phenoxy) is 1. The van der Waals surface area contributed by atoms with Crippen molar-refractivity contribution in [3.05, 3.63) is 65.7 Å². The highest BCUT2D eigenvalue weighted by molar-refractivity contribution is 6.28. The van der Waals surface area contributed by atoms with Gasteiger partial charge in [0.1, 0.15) is 5.54 Å². The fraction of sp³-hybridized carbons (Fsp3) is 0.400. The van der Waals surface area contributed by atoms with E-state index < -0.39 is 23.3 Å². The molecule has 2 aromatic carbocycles. The average Bonchev–Trinajstić information content (AvgIpc) is 3.27. The lowest BCUT2D eigenvalue weighted by atomic mass is 9.88. The third-order valence-electron chi connectivity index (χ3n) is 6.26. The largest absolute Gasteiger partial charge is 0.373 e. The van der Waals surface area contributed by atoms with Crippen molar-refractivity contribution in [1.29, 1.82) is 0 Å². The molecular formula is C25H28N2O4. The van der Waals surface area contributed by atoms with Crippen molar-refractivity contribution in [2.24, 2.45) is 5.92 Å². The summed E-state index contributed by atoms with van der Waals surface area (Å²) in [6.07, 6.45) is 1.43. The van der Waals surface area contributed by atoms with E-state index in [9.17, 15) is 14.4 Å². The number of rotatable bonds is 6. The molecule has 162 valence electrons. The Morgan fingerprint density at radius 3 is 2.58 bits per heavy atom. The van der Waals surface area contributed by atoms with Gasteiger partial charge in [-0.05, 0) is 36.0 Å². The number of amides is 2. The third-order valence-corrected chi connectivity index (χ3v) is 6.26. The molecule has 31 heavy (non-hydrogen) atoms. The quantitative estimate of drug-likeness (QED) is 0.700. The second-order valence-electron chi connectivity index (χ2n) is 8.76. The molecule has 1 unspecified atom stereocenters. The van der Waals surface area contributed by atoms with Gasteiger partial charge in [0.2, 0.25) is 11.8 Å². The summed E-state index contributed by atoms with van der Waals surface area (Å²) in [5, 5.41) is 5.64. The van der Waals surface area contributed by atoms with E-state index in [1.54, 1.807) is 6.07 Å². The number of hydrogen-bond acceptors (Lipinski definition) is 4. The van der Waals surface area contributed by atoms with E-state index in [0.717, 1.165) is 11.1 Å². The molecule has 6 heteroatoms. The van der Waals surface area contributed by atoms with Crippen LogP contribution in [0.15, 0.2) is 54.6 Å². The summed E-state index contributed by atoms with van der Waals surface area (Å²) in [5.41, 5.74) is 1.66. The van der Waals surface area contributed by atoms with Crippen LogP contribution in [0.3, 0.4) is 0 Å². The van der Waals surface area contributed by atoms with Crippen LogP contribution in [0, 0.1) is 5.92 Å². The third kappa shape index (κ3) is 4.26. The molecule has 1 saturated heterocycles. The van der Waals surface area contributed by atoms with Crippen molar-refractivity contribution >= 4 is 23.3 Å². The number of hydrogen-bond donors (Lipinski definition) is 2. The van der Waals surface area contributed by atoms with Crippen molar-refractivity contribution in [2.75, 3.05) is 5.32 Å². The molecule has 1 heterocycles. The Bertz CT molecular complexity index is 988. The van der Waals surface area contributed by atoms with Crippen LogP contribution in [0.1, 0.15) is 50.2 Å². The number of ketones is 1. The monoisotopic (exact) mass is 420 g/mol. The molecule has 0 radical (unpaired) electrons. The molecule has 0 bridgehead atoms. The number of carbonyl (C=O) groups is 3. The van der Waals surface area contributed by atoms with Gasteiger partial charge in [-0.1, -0.05) is 62.4 Å². The average molecular weight is 421 g/mol.